The molecule has 0 saturated carbocycles. The first-order valence-electron chi connectivity index (χ1n) is 7.16. The number of hydrogen-bond acceptors (Lipinski definition) is 3. The van der Waals surface area contributed by atoms with Crippen LogP contribution >= 0.6 is 0 Å². The van der Waals surface area contributed by atoms with Crippen LogP contribution in [0.1, 0.15) is 35.2 Å². The zero-order chi connectivity index (χ0) is 15.9. The fourth-order valence-electron chi connectivity index (χ4n) is 2.72. The Kier molecular flexibility index (Phi) is 3.53. The number of hydrogen-bond donors (Lipinski definition) is 1. The van der Waals surface area contributed by atoms with Gasteiger partial charge in [0.1, 0.15) is 5.84 Å². The molecular weight excluding hydrogens is 296 g/mol. The van der Waals surface area contributed by atoms with Gasteiger partial charge >= 0.3 is 0 Å². The predicted molar refractivity (Wildman–Crippen MR) is 87.6 cm³/mol. The lowest BCUT2D eigenvalue weighted by Gasteiger charge is -2.13. The number of nitrogens with one attached hydrogen (secondary N) is 1. The maximum absolute atomic E-state index is 12.1. The topological polar surface area (TPSA) is 58.5 Å². The molecule has 1 unspecified atom stereocenters. The molecule has 0 radical (unpaired) electrons. The fraction of sp³-hybridized carbons (Fsp3) is 0.235. The summed E-state index contributed by atoms with van der Waals surface area (Å²) in [6.45, 7) is 6.10. The minimum absolute atomic E-state index is 0.122. The predicted octanol–water partition coefficient (Wildman–Crippen LogP) is 3.10. The maximum atomic E-state index is 12.1. The molecule has 0 fully saturated rings. The van der Waals surface area contributed by atoms with Crippen molar-refractivity contribution in [2.45, 2.75) is 31.7 Å². The zero-order valence-electron chi connectivity index (χ0n) is 12.8. The summed E-state index contributed by atoms with van der Waals surface area (Å²) in [5.74, 6) is 0.420. The number of fused-ring (bicyclic) bond motifs is 1. The van der Waals surface area contributed by atoms with Crippen LogP contribution < -0.4 is 4.72 Å². The van der Waals surface area contributed by atoms with Gasteiger partial charge in [-0.1, -0.05) is 30.3 Å². The third kappa shape index (κ3) is 2.41. The van der Waals surface area contributed by atoms with Crippen molar-refractivity contribution in [1.82, 2.24) is 4.72 Å². The molecule has 22 heavy (non-hydrogen) atoms. The maximum Gasteiger partial charge on any atom is 0.263 e. The fourth-order valence-corrected chi connectivity index (χ4v) is 3.96. The van der Waals surface area contributed by atoms with E-state index < -0.39 is 10.0 Å². The Morgan fingerprint density at radius 2 is 1.77 bits per heavy atom. The van der Waals surface area contributed by atoms with Gasteiger partial charge in [-0.3, -0.25) is 9.71 Å². The minimum atomic E-state index is -3.48. The van der Waals surface area contributed by atoms with Gasteiger partial charge in [0.05, 0.1) is 10.9 Å². The van der Waals surface area contributed by atoms with Gasteiger partial charge in [-0.2, -0.15) is 0 Å². The minimum Gasteiger partial charge on any atom is -0.263 e. The van der Waals surface area contributed by atoms with Gasteiger partial charge in [-0.05, 0) is 49.6 Å². The Hall–Kier alpha value is -2.14. The summed E-state index contributed by atoms with van der Waals surface area (Å²) in [5, 5.41) is 0. The Morgan fingerprint density at radius 1 is 1.05 bits per heavy atom. The molecule has 1 N–H and O–H groups in total. The van der Waals surface area contributed by atoms with Crippen LogP contribution in [0, 0.1) is 13.8 Å². The number of aryl methyl sites for hydroxylation is 1. The van der Waals surface area contributed by atoms with Crippen LogP contribution in [0.3, 0.4) is 0 Å². The summed E-state index contributed by atoms with van der Waals surface area (Å²) >= 11 is 0. The van der Waals surface area contributed by atoms with Gasteiger partial charge in [0.25, 0.3) is 10.0 Å². The molecule has 1 heterocycles. The molecule has 3 rings (SSSR count). The van der Waals surface area contributed by atoms with E-state index in [1.807, 2.05) is 25.1 Å². The molecule has 4 nitrogen and oxygen atoms in total. The van der Waals surface area contributed by atoms with Gasteiger partial charge in [0.2, 0.25) is 0 Å². The van der Waals surface area contributed by atoms with E-state index in [0.717, 1.165) is 5.56 Å². The number of sulfonamides is 1. The largest absolute Gasteiger partial charge is 0.263 e. The van der Waals surface area contributed by atoms with Crippen molar-refractivity contribution in [3.63, 3.8) is 0 Å². The lowest BCUT2D eigenvalue weighted by Crippen LogP contribution is -2.22. The molecule has 1 aliphatic heterocycles. The number of benzene rings is 2. The average molecular weight is 314 g/mol. The van der Waals surface area contributed by atoms with Crippen LogP contribution in [0.4, 0.5) is 0 Å². The Bertz CT molecular complexity index is 870. The SMILES string of the molecule is Cc1cccc(C(C)N=C2NS(=O)(=O)c3ccccc32)c1C. The van der Waals surface area contributed by atoms with E-state index in [2.05, 4.69) is 29.6 Å². The highest BCUT2D eigenvalue weighted by Gasteiger charge is 2.30. The highest BCUT2D eigenvalue weighted by Crippen LogP contribution is 2.27. The second-order valence-corrected chi connectivity index (χ2v) is 7.20. The second kappa shape index (κ2) is 5.25. The van der Waals surface area contributed by atoms with Gasteiger partial charge in [0, 0.05) is 5.56 Å². The highest BCUT2D eigenvalue weighted by molar-refractivity contribution is 7.90. The molecule has 0 amide bonds. The van der Waals surface area contributed by atoms with Crippen molar-refractivity contribution < 1.29 is 8.42 Å². The molecular formula is C17H18N2O2S. The summed E-state index contributed by atoms with van der Waals surface area (Å²) < 4.78 is 26.8. The molecule has 5 heteroatoms. The number of rotatable bonds is 2. The van der Waals surface area contributed by atoms with E-state index in [1.54, 1.807) is 18.2 Å². The molecule has 0 aromatic heterocycles. The van der Waals surface area contributed by atoms with Gasteiger partial charge < -0.3 is 0 Å². The molecule has 2 aromatic rings. The van der Waals surface area contributed by atoms with E-state index in [4.69, 9.17) is 0 Å². The van der Waals surface area contributed by atoms with Crippen molar-refractivity contribution in [3.8, 4) is 0 Å². The molecule has 1 atom stereocenters. The molecule has 1 aliphatic rings. The van der Waals surface area contributed by atoms with Crippen molar-refractivity contribution in [3.05, 3.63) is 64.7 Å². The summed E-state index contributed by atoms with van der Waals surface area (Å²) in [5.41, 5.74) is 4.14. The van der Waals surface area contributed by atoms with Gasteiger partial charge in [-0.25, -0.2) is 8.42 Å². The van der Waals surface area contributed by atoms with E-state index in [0.29, 0.717) is 16.3 Å². The van der Waals surface area contributed by atoms with E-state index in [-0.39, 0.29) is 6.04 Å². The first-order chi connectivity index (χ1) is 10.4. The zero-order valence-corrected chi connectivity index (χ0v) is 13.6. The third-order valence-corrected chi connectivity index (χ3v) is 5.48. The van der Waals surface area contributed by atoms with E-state index in [9.17, 15) is 8.42 Å². The number of aliphatic imine (C=N–C) groups is 1. The quantitative estimate of drug-likeness (QED) is 0.926. The van der Waals surface area contributed by atoms with Crippen LogP contribution in [0.2, 0.25) is 0 Å². The average Bonchev–Trinajstić information content (AvgIpc) is 2.73. The van der Waals surface area contributed by atoms with Crippen LogP contribution in [0.5, 0.6) is 0 Å². The Morgan fingerprint density at radius 3 is 2.55 bits per heavy atom. The van der Waals surface area contributed by atoms with Crippen molar-refractivity contribution in [2.24, 2.45) is 4.99 Å². The molecule has 0 saturated heterocycles. The van der Waals surface area contributed by atoms with Crippen molar-refractivity contribution in [2.75, 3.05) is 0 Å². The molecule has 0 spiro atoms. The number of nitrogens with zero attached hydrogens (tertiary/aromatic N) is 1. The first kappa shape index (κ1) is 14.8. The van der Waals surface area contributed by atoms with Gasteiger partial charge in [0.15, 0.2) is 0 Å². The van der Waals surface area contributed by atoms with Crippen LogP contribution in [-0.2, 0) is 10.0 Å². The third-order valence-electron chi connectivity index (χ3n) is 4.08. The Balaban J connectivity index is 2.05. The lowest BCUT2D eigenvalue weighted by molar-refractivity contribution is 0.595. The smallest absolute Gasteiger partial charge is 0.263 e. The second-order valence-electron chi connectivity index (χ2n) is 5.54. The summed E-state index contributed by atoms with van der Waals surface area (Å²) in [6, 6.07) is 12.9. The molecule has 114 valence electrons. The van der Waals surface area contributed by atoms with Crippen LogP contribution in [0.15, 0.2) is 52.4 Å². The van der Waals surface area contributed by atoms with E-state index >= 15 is 0 Å². The summed E-state index contributed by atoms with van der Waals surface area (Å²) in [6.07, 6.45) is 0. The van der Waals surface area contributed by atoms with Crippen LogP contribution in [0.25, 0.3) is 0 Å². The van der Waals surface area contributed by atoms with Crippen molar-refractivity contribution >= 4 is 15.9 Å². The normalized spacial score (nSPS) is 18.8. The first-order valence-corrected chi connectivity index (χ1v) is 8.64. The van der Waals surface area contributed by atoms with Gasteiger partial charge in [-0.15, -0.1) is 0 Å². The molecule has 0 aliphatic carbocycles. The molecule has 2 aromatic carbocycles. The highest BCUT2D eigenvalue weighted by atomic mass is 32.2. The standard InChI is InChI=1S/C17H18N2O2S/c1-11-7-6-9-14(12(11)2)13(3)18-17-15-8-4-5-10-16(15)22(20,21)19-17/h4-10,13H,1-3H3,(H,18,19). The molecule has 0 bridgehead atoms. The van der Waals surface area contributed by atoms with Crippen molar-refractivity contribution in [1.29, 1.82) is 0 Å². The summed E-state index contributed by atoms with van der Waals surface area (Å²) in [4.78, 5) is 4.90. The number of amidine groups is 1. The summed E-state index contributed by atoms with van der Waals surface area (Å²) in [7, 11) is -3.48. The monoisotopic (exact) mass is 314 g/mol. The Labute approximate surface area is 131 Å². The van der Waals surface area contributed by atoms with E-state index in [1.165, 1.54) is 11.1 Å². The lowest BCUT2D eigenvalue weighted by atomic mass is 9.99. The van der Waals surface area contributed by atoms with Crippen LogP contribution in [-0.4, -0.2) is 14.3 Å².